The summed E-state index contributed by atoms with van der Waals surface area (Å²) < 4.78 is 5.45. The van der Waals surface area contributed by atoms with Gasteiger partial charge in [0.1, 0.15) is 12.1 Å². The Morgan fingerprint density at radius 3 is 2.29 bits per heavy atom. The molecule has 2 fully saturated rings. The third-order valence-corrected chi connectivity index (χ3v) is 4.75. The van der Waals surface area contributed by atoms with Gasteiger partial charge >= 0.3 is 6.09 Å². The molecule has 1 aliphatic heterocycles. The molecule has 8 nitrogen and oxygen atoms in total. The maximum Gasteiger partial charge on any atom is 0.410 e. The Kier molecular flexibility index (Phi) is 9.79. The molecule has 0 aromatic carbocycles. The second-order valence-electron chi connectivity index (χ2n) is 8.64. The fourth-order valence-corrected chi connectivity index (χ4v) is 3.25. The van der Waals surface area contributed by atoms with Gasteiger partial charge in [0.2, 0.25) is 5.91 Å². The van der Waals surface area contributed by atoms with Crippen molar-refractivity contribution in [2.75, 3.05) is 33.7 Å². The third kappa shape index (κ3) is 8.40. The molecule has 0 radical (unpaired) electrons. The van der Waals surface area contributed by atoms with E-state index >= 15 is 0 Å². The molecular weight excluding hydrogens is 473 g/mol. The van der Waals surface area contributed by atoms with Crippen LogP contribution in [0.1, 0.15) is 52.9 Å². The normalized spacial score (nSPS) is 20.5. The first-order valence-electron chi connectivity index (χ1n) is 9.89. The summed E-state index contributed by atoms with van der Waals surface area (Å²) in [5.41, 5.74) is -0.494. The number of nitrogens with one attached hydrogen (secondary N) is 2. The molecular formula is C19H36IN5O3. The fourth-order valence-electron chi connectivity index (χ4n) is 3.25. The predicted molar refractivity (Wildman–Crippen MR) is 121 cm³/mol. The van der Waals surface area contributed by atoms with Gasteiger partial charge in [0, 0.05) is 39.3 Å². The number of hydrogen-bond donors (Lipinski definition) is 2. The molecule has 2 N–H and O–H groups in total. The second-order valence-corrected chi connectivity index (χ2v) is 8.64. The van der Waals surface area contributed by atoms with Crippen molar-refractivity contribution < 1.29 is 14.3 Å². The van der Waals surface area contributed by atoms with E-state index in [1.165, 1.54) is 17.7 Å². The molecule has 162 valence electrons. The molecule has 28 heavy (non-hydrogen) atoms. The number of aliphatic imine (C=N–C) groups is 1. The van der Waals surface area contributed by atoms with Crippen LogP contribution in [0.3, 0.4) is 0 Å². The number of hydrogen-bond acceptors (Lipinski definition) is 4. The Morgan fingerprint density at radius 2 is 1.71 bits per heavy atom. The van der Waals surface area contributed by atoms with Gasteiger partial charge < -0.3 is 25.2 Å². The summed E-state index contributed by atoms with van der Waals surface area (Å²) in [6, 6.07) is 0.494. The number of carbonyl (C=O) groups excluding carboxylic acids is 2. The maximum absolute atomic E-state index is 12.2. The van der Waals surface area contributed by atoms with Crippen LogP contribution in [-0.4, -0.2) is 79.2 Å². The lowest BCUT2D eigenvalue weighted by molar-refractivity contribution is -0.127. The van der Waals surface area contributed by atoms with Gasteiger partial charge in [0.05, 0.1) is 0 Å². The highest BCUT2D eigenvalue weighted by atomic mass is 127. The van der Waals surface area contributed by atoms with Crippen LogP contribution >= 0.6 is 24.0 Å². The van der Waals surface area contributed by atoms with E-state index in [4.69, 9.17) is 4.74 Å². The first-order valence-corrected chi connectivity index (χ1v) is 9.89. The van der Waals surface area contributed by atoms with Gasteiger partial charge in [-0.05, 0) is 40.0 Å². The zero-order chi connectivity index (χ0) is 20.0. The van der Waals surface area contributed by atoms with Gasteiger partial charge in [0.15, 0.2) is 5.96 Å². The average molecular weight is 509 g/mol. The van der Waals surface area contributed by atoms with Crippen LogP contribution in [0.4, 0.5) is 4.79 Å². The minimum Gasteiger partial charge on any atom is -0.444 e. The quantitative estimate of drug-likeness (QED) is 0.345. The smallest absolute Gasteiger partial charge is 0.410 e. The van der Waals surface area contributed by atoms with E-state index in [0.717, 1.165) is 19.3 Å². The van der Waals surface area contributed by atoms with Crippen molar-refractivity contribution in [2.45, 2.75) is 70.6 Å². The summed E-state index contributed by atoms with van der Waals surface area (Å²) in [6.45, 7) is 6.94. The largest absolute Gasteiger partial charge is 0.444 e. The zero-order valence-corrected chi connectivity index (χ0v) is 20.1. The second kappa shape index (κ2) is 11.1. The van der Waals surface area contributed by atoms with Crippen LogP contribution in [0.25, 0.3) is 0 Å². The predicted octanol–water partition coefficient (Wildman–Crippen LogP) is 2.18. The molecule has 1 aliphatic carbocycles. The molecule has 1 atom stereocenters. The number of carbonyl (C=O) groups is 2. The van der Waals surface area contributed by atoms with Crippen molar-refractivity contribution >= 4 is 41.9 Å². The summed E-state index contributed by atoms with van der Waals surface area (Å²) in [5, 5.41) is 6.86. The van der Waals surface area contributed by atoms with Gasteiger partial charge in [-0.25, -0.2) is 9.79 Å². The van der Waals surface area contributed by atoms with E-state index in [9.17, 15) is 9.59 Å². The lowest BCUT2D eigenvalue weighted by Crippen LogP contribution is -2.48. The molecule has 2 aliphatic rings. The Morgan fingerprint density at radius 1 is 1.11 bits per heavy atom. The highest BCUT2D eigenvalue weighted by molar-refractivity contribution is 14.0. The van der Waals surface area contributed by atoms with E-state index in [1.807, 2.05) is 20.8 Å². The monoisotopic (exact) mass is 509 g/mol. The van der Waals surface area contributed by atoms with Crippen molar-refractivity contribution in [3.8, 4) is 0 Å². The Labute approximate surface area is 185 Å². The van der Waals surface area contributed by atoms with Crippen molar-refractivity contribution in [1.29, 1.82) is 0 Å². The van der Waals surface area contributed by atoms with Gasteiger partial charge in [-0.1, -0.05) is 12.8 Å². The van der Waals surface area contributed by atoms with E-state index in [1.54, 1.807) is 19.0 Å². The van der Waals surface area contributed by atoms with Crippen LogP contribution < -0.4 is 10.6 Å². The van der Waals surface area contributed by atoms with Crippen molar-refractivity contribution in [3.63, 3.8) is 0 Å². The lowest BCUT2D eigenvalue weighted by Gasteiger charge is -2.25. The lowest BCUT2D eigenvalue weighted by atomic mass is 10.2. The summed E-state index contributed by atoms with van der Waals surface area (Å²) in [7, 11) is 3.45. The number of likely N-dealkylation sites (N-methyl/N-ethyl adjacent to an activating group) is 1. The van der Waals surface area contributed by atoms with E-state index in [0.29, 0.717) is 25.1 Å². The summed E-state index contributed by atoms with van der Waals surface area (Å²) in [5.74, 6) is 0.623. The summed E-state index contributed by atoms with van der Waals surface area (Å²) in [6.07, 6.45) is 5.23. The van der Waals surface area contributed by atoms with Crippen LogP contribution in [0.5, 0.6) is 0 Å². The maximum atomic E-state index is 12.2. The van der Waals surface area contributed by atoms with Crippen LogP contribution in [0.15, 0.2) is 4.99 Å². The molecule has 2 amide bonds. The average Bonchev–Trinajstić information content (AvgIpc) is 3.22. The van der Waals surface area contributed by atoms with Gasteiger partial charge in [-0.3, -0.25) is 4.79 Å². The number of nitrogens with zero attached hydrogens (tertiary/aromatic N) is 3. The van der Waals surface area contributed by atoms with Crippen molar-refractivity contribution in [2.24, 2.45) is 4.99 Å². The van der Waals surface area contributed by atoms with E-state index in [-0.39, 0.29) is 48.6 Å². The van der Waals surface area contributed by atoms with E-state index < -0.39 is 5.60 Å². The number of amides is 2. The molecule has 1 saturated heterocycles. The number of guanidine groups is 1. The molecule has 0 aromatic rings. The van der Waals surface area contributed by atoms with Crippen LogP contribution in [0, 0.1) is 0 Å². The summed E-state index contributed by atoms with van der Waals surface area (Å²) >= 11 is 0. The molecule has 1 saturated carbocycles. The van der Waals surface area contributed by atoms with E-state index in [2.05, 4.69) is 15.6 Å². The number of halogens is 1. The molecule has 1 unspecified atom stereocenters. The zero-order valence-electron chi connectivity index (χ0n) is 17.8. The highest BCUT2D eigenvalue weighted by Crippen LogP contribution is 2.18. The molecule has 2 rings (SSSR count). The SMILES string of the molecule is CN(C)C(=O)CN=C(NC1CCCC1)NC1CCN(C(=O)OC(C)(C)C)C1.I. The fraction of sp³-hybridized carbons (Fsp3) is 0.842. The van der Waals surface area contributed by atoms with Crippen LogP contribution in [-0.2, 0) is 9.53 Å². The topological polar surface area (TPSA) is 86.3 Å². The van der Waals surface area contributed by atoms with Crippen LogP contribution in [0.2, 0.25) is 0 Å². The molecule has 0 bridgehead atoms. The minimum atomic E-state index is -0.494. The molecule has 9 heteroatoms. The summed E-state index contributed by atoms with van der Waals surface area (Å²) in [4.78, 5) is 31.9. The number of rotatable bonds is 4. The van der Waals surface area contributed by atoms with Crippen molar-refractivity contribution in [3.05, 3.63) is 0 Å². The van der Waals surface area contributed by atoms with Gasteiger partial charge in [-0.15, -0.1) is 24.0 Å². The third-order valence-electron chi connectivity index (χ3n) is 4.75. The Balaban J connectivity index is 0.00000392. The number of likely N-dealkylation sites (tertiary alicyclic amines) is 1. The Hall–Kier alpha value is -1.26. The van der Waals surface area contributed by atoms with Gasteiger partial charge in [0.25, 0.3) is 0 Å². The highest BCUT2D eigenvalue weighted by Gasteiger charge is 2.30. The minimum absolute atomic E-state index is 0. The number of ether oxygens (including phenoxy) is 1. The first kappa shape index (κ1) is 24.8. The molecule has 0 spiro atoms. The molecule has 0 aromatic heterocycles. The molecule has 1 heterocycles. The Bertz CT molecular complexity index is 556. The first-order chi connectivity index (χ1) is 12.6. The van der Waals surface area contributed by atoms with Crippen molar-refractivity contribution in [1.82, 2.24) is 20.4 Å². The van der Waals surface area contributed by atoms with Gasteiger partial charge in [-0.2, -0.15) is 0 Å². The standard InChI is InChI=1S/C19H35N5O3.HI/c1-19(2,3)27-18(26)24-11-10-15(13-24)22-17(20-12-16(25)23(4)5)21-14-8-6-7-9-14;/h14-15H,6-13H2,1-5H3,(H2,20,21,22);1H.